The summed E-state index contributed by atoms with van der Waals surface area (Å²) in [6.45, 7) is 1.34. The van der Waals surface area contributed by atoms with Gasteiger partial charge in [0.1, 0.15) is 11.5 Å². The zero-order valence-corrected chi connectivity index (χ0v) is 12.1. The minimum Gasteiger partial charge on any atom is -0.508 e. The highest BCUT2D eigenvalue weighted by Crippen LogP contribution is 2.50. The number of phenolic OH excluding ortho intramolecular Hbond substituents is 2. The summed E-state index contributed by atoms with van der Waals surface area (Å²) in [5, 5.41) is 18.8. The molecule has 2 saturated heterocycles. The first-order valence-corrected chi connectivity index (χ1v) is 7.53. The van der Waals surface area contributed by atoms with Crippen molar-refractivity contribution in [1.29, 1.82) is 0 Å². The van der Waals surface area contributed by atoms with Gasteiger partial charge >= 0.3 is 0 Å². The Balaban J connectivity index is 1.56. The molecular weight excluding hydrogens is 280 g/mol. The Morgan fingerprint density at radius 1 is 0.636 bits per heavy atom. The number of aromatic hydroxyl groups is 2. The van der Waals surface area contributed by atoms with Crippen LogP contribution in [0.25, 0.3) is 0 Å². The van der Waals surface area contributed by atoms with Gasteiger partial charge in [-0.1, -0.05) is 24.3 Å². The van der Waals surface area contributed by atoms with Crippen molar-refractivity contribution in [2.45, 2.75) is 12.2 Å². The Bertz CT molecular complexity index is 590. The molecule has 4 unspecified atom stereocenters. The largest absolute Gasteiger partial charge is 0.508 e. The molecule has 0 radical (unpaired) electrons. The van der Waals surface area contributed by atoms with E-state index in [0.29, 0.717) is 25.0 Å². The first-order valence-electron chi connectivity index (χ1n) is 7.53. The van der Waals surface area contributed by atoms with Crippen molar-refractivity contribution < 1.29 is 19.7 Å². The number of hydrogen-bond donors (Lipinski definition) is 2. The van der Waals surface area contributed by atoms with Gasteiger partial charge in [-0.15, -0.1) is 0 Å². The fourth-order valence-corrected chi connectivity index (χ4v) is 3.56. The SMILES string of the molecule is Oc1ccc(C2OCC3C(c4ccc(O)cc4)OCC23)cc1. The number of fused-ring (bicyclic) bond motifs is 1. The topological polar surface area (TPSA) is 58.9 Å². The lowest BCUT2D eigenvalue weighted by Crippen LogP contribution is -2.14. The zero-order valence-electron chi connectivity index (χ0n) is 12.1. The van der Waals surface area contributed by atoms with E-state index < -0.39 is 0 Å². The average molecular weight is 298 g/mol. The molecule has 2 fully saturated rings. The van der Waals surface area contributed by atoms with Gasteiger partial charge in [0.15, 0.2) is 0 Å². The third-order valence-corrected chi connectivity index (χ3v) is 4.71. The Morgan fingerprint density at radius 3 is 1.36 bits per heavy atom. The van der Waals surface area contributed by atoms with E-state index in [-0.39, 0.29) is 23.7 Å². The highest BCUT2D eigenvalue weighted by atomic mass is 16.5. The molecule has 2 aliphatic rings. The molecule has 4 atom stereocenters. The zero-order chi connectivity index (χ0) is 15.1. The van der Waals surface area contributed by atoms with Crippen molar-refractivity contribution in [1.82, 2.24) is 0 Å². The number of ether oxygens (including phenoxy) is 2. The Kier molecular flexibility index (Phi) is 3.28. The fraction of sp³-hybridized carbons (Fsp3) is 0.333. The molecule has 2 aliphatic heterocycles. The maximum absolute atomic E-state index is 9.41. The van der Waals surface area contributed by atoms with E-state index >= 15 is 0 Å². The van der Waals surface area contributed by atoms with Gasteiger partial charge in [0.05, 0.1) is 25.4 Å². The lowest BCUT2D eigenvalue weighted by molar-refractivity contribution is 0.0193. The van der Waals surface area contributed by atoms with Crippen molar-refractivity contribution in [2.24, 2.45) is 11.8 Å². The number of rotatable bonds is 2. The maximum atomic E-state index is 9.41. The van der Waals surface area contributed by atoms with Gasteiger partial charge in [0.2, 0.25) is 0 Å². The predicted molar refractivity (Wildman–Crippen MR) is 80.6 cm³/mol. The van der Waals surface area contributed by atoms with Crippen molar-refractivity contribution in [3.8, 4) is 11.5 Å². The quantitative estimate of drug-likeness (QED) is 0.894. The van der Waals surface area contributed by atoms with E-state index in [1.807, 2.05) is 24.3 Å². The second-order valence-corrected chi connectivity index (χ2v) is 6.02. The van der Waals surface area contributed by atoms with Crippen molar-refractivity contribution in [2.75, 3.05) is 13.2 Å². The summed E-state index contributed by atoms with van der Waals surface area (Å²) in [7, 11) is 0. The molecule has 4 heteroatoms. The summed E-state index contributed by atoms with van der Waals surface area (Å²) < 4.78 is 12.0. The molecule has 2 aromatic carbocycles. The Hall–Kier alpha value is -2.04. The first kappa shape index (κ1) is 13.6. The molecule has 0 bridgehead atoms. The highest BCUT2D eigenvalue weighted by molar-refractivity contribution is 5.31. The van der Waals surface area contributed by atoms with E-state index in [4.69, 9.17) is 9.47 Å². The summed E-state index contributed by atoms with van der Waals surface area (Å²) >= 11 is 0. The van der Waals surface area contributed by atoms with Crippen molar-refractivity contribution >= 4 is 0 Å². The standard InChI is InChI=1S/C18H18O4/c19-13-5-1-11(2-6-13)17-15-9-22-18(16(15)10-21-17)12-3-7-14(20)8-4-12/h1-8,15-20H,9-10H2. The van der Waals surface area contributed by atoms with Crippen LogP contribution in [0, 0.1) is 11.8 Å². The van der Waals surface area contributed by atoms with Gasteiger partial charge in [-0.05, 0) is 35.4 Å². The van der Waals surface area contributed by atoms with E-state index in [9.17, 15) is 10.2 Å². The highest BCUT2D eigenvalue weighted by Gasteiger charge is 2.47. The van der Waals surface area contributed by atoms with Crippen LogP contribution in [0.4, 0.5) is 0 Å². The van der Waals surface area contributed by atoms with Crippen molar-refractivity contribution in [3.05, 3.63) is 59.7 Å². The van der Waals surface area contributed by atoms with Gasteiger partial charge in [-0.2, -0.15) is 0 Å². The van der Waals surface area contributed by atoms with Gasteiger partial charge in [-0.25, -0.2) is 0 Å². The lowest BCUT2D eigenvalue weighted by Gasteiger charge is -2.16. The molecule has 2 heterocycles. The van der Waals surface area contributed by atoms with E-state index in [1.165, 1.54) is 0 Å². The molecule has 22 heavy (non-hydrogen) atoms. The number of benzene rings is 2. The normalized spacial score (nSPS) is 30.4. The third kappa shape index (κ3) is 2.25. The molecular formula is C18H18O4. The Labute approximate surface area is 128 Å². The van der Waals surface area contributed by atoms with Crippen LogP contribution in [0.3, 0.4) is 0 Å². The third-order valence-electron chi connectivity index (χ3n) is 4.71. The van der Waals surface area contributed by atoms with E-state index in [0.717, 1.165) is 11.1 Å². The van der Waals surface area contributed by atoms with E-state index in [1.54, 1.807) is 24.3 Å². The lowest BCUT2D eigenvalue weighted by atomic mass is 9.85. The molecule has 0 saturated carbocycles. The summed E-state index contributed by atoms with van der Waals surface area (Å²) in [6, 6.07) is 14.4. The van der Waals surface area contributed by atoms with Gasteiger partial charge in [0, 0.05) is 11.8 Å². The van der Waals surface area contributed by atoms with Gasteiger partial charge < -0.3 is 19.7 Å². The minimum absolute atomic E-state index is 0.0210. The molecule has 4 rings (SSSR count). The van der Waals surface area contributed by atoms with Crippen LogP contribution in [0.5, 0.6) is 11.5 Å². The average Bonchev–Trinajstić information content (AvgIpc) is 3.11. The molecule has 0 aliphatic carbocycles. The second kappa shape index (κ2) is 5.30. The van der Waals surface area contributed by atoms with Gasteiger partial charge in [-0.3, -0.25) is 0 Å². The summed E-state index contributed by atoms with van der Waals surface area (Å²) in [5.41, 5.74) is 2.17. The molecule has 0 aromatic heterocycles. The minimum atomic E-state index is 0.0210. The summed E-state index contributed by atoms with van der Waals surface area (Å²) in [5.74, 6) is 1.18. The van der Waals surface area contributed by atoms with Crippen LogP contribution in [0.1, 0.15) is 23.3 Å². The number of phenols is 2. The summed E-state index contributed by atoms with van der Waals surface area (Å²) in [4.78, 5) is 0. The van der Waals surface area contributed by atoms with Gasteiger partial charge in [0.25, 0.3) is 0 Å². The van der Waals surface area contributed by atoms with Crippen LogP contribution >= 0.6 is 0 Å². The van der Waals surface area contributed by atoms with Crippen LogP contribution < -0.4 is 0 Å². The molecule has 2 N–H and O–H groups in total. The summed E-state index contributed by atoms with van der Waals surface area (Å²) in [6.07, 6.45) is 0.0421. The molecule has 2 aromatic rings. The maximum Gasteiger partial charge on any atom is 0.115 e. The van der Waals surface area contributed by atoms with Crippen molar-refractivity contribution in [3.63, 3.8) is 0 Å². The molecule has 4 nitrogen and oxygen atoms in total. The van der Waals surface area contributed by atoms with Crippen LogP contribution in [-0.2, 0) is 9.47 Å². The monoisotopic (exact) mass is 298 g/mol. The predicted octanol–water partition coefficient (Wildman–Crippen LogP) is 3.17. The second-order valence-electron chi connectivity index (χ2n) is 6.02. The Morgan fingerprint density at radius 2 is 1.00 bits per heavy atom. The molecule has 0 spiro atoms. The number of hydrogen-bond acceptors (Lipinski definition) is 4. The van der Waals surface area contributed by atoms with Crippen LogP contribution in [0.15, 0.2) is 48.5 Å². The first-order chi connectivity index (χ1) is 10.7. The molecule has 0 amide bonds. The van der Waals surface area contributed by atoms with E-state index in [2.05, 4.69) is 0 Å². The van der Waals surface area contributed by atoms with Crippen LogP contribution in [-0.4, -0.2) is 23.4 Å². The fourth-order valence-electron chi connectivity index (χ4n) is 3.56. The molecule has 114 valence electrons. The smallest absolute Gasteiger partial charge is 0.115 e. The van der Waals surface area contributed by atoms with Crippen LogP contribution in [0.2, 0.25) is 0 Å².